The maximum Gasteiger partial charge on any atom is 0.247 e. The second kappa shape index (κ2) is 6.39. The average molecular weight is 335 g/mol. The predicted octanol–water partition coefficient (Wildman–Crippen LogP) is 3.55. The molecule has 25 heavy (non-hydrogen) atoms. The highest BCUT2D eigenvalue weighted by Crippen LogP contribution is 2.34. The molecule has 2 heterocycles. The number of para-hydroxylation sites is 1. The lowest BCUT2D eigenvalue weighted by atomic mass is 9.92. The van der Waals surface area contributed by atoms with E-state index in [1.165, 1.54) is 0 Å². The van der Waals surface area contributed by atoms with Crippen molar-refractivity contribution in [1.82, 2.24) is 10.2 Å². The summed E-state index contributed by atoms with van der Waals surface area (Å²) in [5.74, 6) is 1.45. The van der Waals surface area contributed by atoms with E-state index in [1.807, 2.05) is 48.5 Å². The topological polar surface area (TPSA) is 77.2 Å². The fourth-order valence-corrected chi connectivity index (χ4v) is 2.99. The van der Waals surface area contributed by atoms with Crippen molar-refractivity contribution < 1.29 is 13.9 Å². The van der Waals surface area contributed by atoms with E-state index < -0.39 is 0 Å². The molecule has 1 aliphatic rings. The van der Waals surface area contributed by atoms with E-state index in [-0.39, 0.29) is 11.8 Å². The minimum absolute atomic E-state index is 0.0467. The van der Waals surface area contributed by atoms with Gasteiger partial charge in [-0.1, -0.05) is 24.3 Å². The van der Waals surface area contributed by atoms with Gasteiger partial charge in [-0.25, -0.2) is 0 Å². The molecule has 0 fully saturated rings. The summed E-state index contributed by atoms with van der Waals surface area (Å²) >= 11 is 0. The van der Waals surface area contributed by atoms with Crippen LogP contribution in [-0.2, 0) is 4.79 Å². The molecule has 3 aromatic rings. The number of benzene rings is 2. The third-order valence-electron chi connectivity index (χ3n) is 4.18. The molecular weight excluding hydrogens is 318 g/mol. The van der Waals surface area contributed by atoms with Gasteiger partial charge in [-0.3, -0.25) is 4.79 Å². The molecule has 1 amide bonds. The van der Waals surface area contributed by atoms with Crippen molar-refractivity contribution in [3.05, 3.63) is 60.0 Å². The fourth-order valence-electron chi connectivity index (χ4n) is 2.99. The van der Waals surface area contributed by atoms with Crippen molar-refractivity contribution in [2.75, 3.05) is 11.9 Å². The van der Waals surface area contributed by atoms with Crippen LogP contribution >= 0.6 is 0 Å². The molecule has 0 saturated carbocycles. The van der Waals surface area contributed by atoms with Crippen LogP contribution in [0, 0.1) is 6.92 Å². The van der Waals surface area contributed by atoms with Gasteiger partial charge in [0.25, 0.3) is 0 Å². The lowest BCUT2D eigenvalue weighted by molar-refractivity contribution is -0.118. The van der Waals surface area contributed by atoms with Crippen LogP contribution in [-0.4, -0.2) is 22.7 Å². The molecule has 0 saturated heterocycles. The van der Waals surface area contributed by atoms with Gasteiger partial charge in [0.05, 0.1) is 12.5 Å². The SMILES string of the molecule is Cc1nnc(-c2cccc(NC(=O)C3CCOc4ccccc43)c2)o1. The number of amides is 1. The number of hydrogen-bond acceptors (Lipinski definition) is 5. The van der Waals surface area contributed by atoms with Crippen molar-refractivity contribution in [2.45, 2.75) is 19.3 Å². The van der Waals surface area contributed by atoms with Crippen LogP contribution in [0.2, 0.25) is 0 Å². The van der Waals surface area contributed by atoms with Gasteiger partial charge in [0.1, 0.15) is 5.75 Å². The first-order valence-corrected chi connectivity index (χ1v) is 8.14. The molecule has 1 N–H and O–H groups in total. The highest BCUT2D eigenvalue weighted by molar-refractivity contribution is 5.96. The molecular formula is C19H17N3O3. The molecule has 0 aliphatic carbocycles. The zero-order chi connectivity index (χ0) is 17.2. The molecule has 0 radical (unpaired) electrons. The molecule has 0 spiro atoms. The summed E-state index contributed by atoms with van der Waals surface area (Å²) in [6, 6.07) is 15.1. The lowest BCUT2D eigenvalue weighted by Gasteiger charge is -2.25. The Bertz CT molecular complexity index is 920. The van der Waals surface area contributed by atoms with Crippen molar-refractivity contribution >= 4 is 11.6 Å². The third kappa shape index (κ3) is 3.10. The number of carbonyl (C=O) groups excluding carboxylic acids is 1. The van der Waals surface area contributed by atoms with Gasteiger partial charge < -0.3 is 14.5 Å². The van der Waals surface area contributed by atoms with Crippen molar-refractivity contribution in [2.24, 2.45) is 0 Å². The first-order chi connectivity index (χ1) is 12.2. The quantitative estimate of drug-likeness (QED) is 0.792. The first-order valence-electron chi connectivity index (χ1n) is 8.14. The molecule has 0 bridgehead atoms. The molecule has 1 aromatic heterocycles. The number of ether oxygens (including phenoxy) is 1. The van der Waals surface area contributed by atoms with Crippen molar-refractivity contribution in [1.29, 1.82) is 0 Å². The number of hydrogen-bond donors (Lipinski definition) is 1. The summed E-state index contributed by atoms with van der Waals surface area (Å²) in [5, 5.41) is 10.8. The Morgan fingerprint density at radius 1 is 1.16 bits per heavy atom. The highest BCUT2D eigenvalue weighted by atomic mass is 16.5. The van der Waals surface area contributed by atoms with E-state index in [0.29, 0.717) is 30.5 Å². The van der Waals surface area contributed by atoms with Crippen LogP contribution < -0.4 is 10.1 Å². The minimum atomic E-state index is -0.223. The van der Waals surface area contributed by atoms with Gasteiger partial charge in [-0.2, -0.15) is 0 Å². The van der Waals surface area contributed by atoms with E-state index in [1.54, 1.807) is 6.92 Å². The summed E-state index contributed by atoms with van der Waals surface area (Å²) < 4.78 is 11.1. The highest BCUT2D eigenvalue weighted by Gasteiger charge is 2.27. The molecule has 6 heteroatoms. The van der Waals surface area contributed by atoms with Crippen LogP contribution in [0.25, 0.3) is 11.5 Å². The smallest absolute Gasteiger partial charge is 0.247 e. The number of aryl methyl sites for hydroxylation is 1. The monoisotopic (exact) mass is 335 g/mol. The van der Waals surface area contributed by atoms with Crippen LogP contribution in [0.4, 0.5) is 5.69 Å². The number of rotatable bonds is 3. The summed E-state index contributed by atoms with van der Waals surface area (Å²) in [6.45, 7) is 2.28. The molecule has 1 unspecified atom stereocenters. The molecule has 1 atom stereocenters. The van der Waals surface area contributed by atoms with Crippen LogP contribution in [0.5, 0.6) is 5.75 Å². The summed E-state index contributed by atoms with van der Waals surface area (Å²) in [7, 11) is 0. The maximum absolute atomic E-state index is 12.8. The molecule has 4 rings (SSSR count). The summed E-state index contributed by atoms with van der Waals surface area (Å²) in [5.41, 5.74) is 2.39. The first kappa shape index (κ1) is 15.4. The Morgan fingerprint density at radius 3 is 2.88 bits per heavy atom. The Hall–Kier alpha value is -3.15. The number of aromatic nitrogens is 2. The molecule has 6 nitrogen and oxygen atoms in total. The van der Waals surface area contributed by atoms with Crippen molar-refractivity contribution in [3.63, 3.8) is 0 Å². The number of carbonyl (C=O) groups is 1. The number of anilines is 1. The second-order valence-electron chi connectivity index (χ2n) is 5.92. The van der Waals surface area contributed by atoms with Gasteiger partial charge in [-0.15, -0.1) is 10.2 Å². The largest absolute Gasteiger partial charge is 0.493 e. The fraction of sp³-hybridized carbons (Fsp3) is 0.211. The lowest BCUT2D eigenvalue weighted by Crippen LogP contribution is -2.26. The normalized spacial score (nSPS) is 16.0. The number of fused-ring (bicyclic) bond motifs is 1. The second-order valence-corrected chi connectivity index (χ2v) is 5.92. The number of nitrogens with zero attached hydrogens (tertiary/aromatic N) is 2. The Kier molecular flexibility index (Phi) is 3.93. The predicted molar refractivity (Wildman–Crippen MR) is 92.4 cm³/mol. The van der Waals surface area contributed by atoms with E-state index in [9.17, 15) is 4.79 Å². The van der Waals surface area contributed by atoms with E-state index >= 15 is 0 Å². The summed E-state index contributed by atoms with van der Waals surface area (Å²) in [6.07, 6.45) is 0.658. The maximum atomic E-state index is 12.8. The Morgan fingerprint density at radius 2 is 2.04 bits per heavy atom. The zero-order valence-electron chi connectivity index (χ0n) is 13.7. The zero-order valence-corrected chi connectivity index (χ0v) is 13.7. The van der Waals surface area contributed by atoms with E-state index in [0.717, 1.165) is 16.9 Å². The van der Waals surface area contributed by atoms with E-state index in [4.69, 9.17) is 9.15 Å². The molecule has 1 aliphatic heterocycles. The average Bonchev–Trinajstić information content (AvgIpc) is 3.08. The molecule has 126 valence electrons. The van der Waals surface area contributed by atoms with Gasteiger partial charge >= 0.3 is 0 Å². The summed E-state index contributed by atoms with van der Waals surface area (Å²) in [4.78, 5) is 12.8. The Balaban J connectivity index is 1.56. The van der Waals surface area contributed by atoms with Crippen LogP contribution in [0.3, 0.4) is 0 Å². The molecule has 2 aromatic carbocycles. The number of nitrogens with one attached hydrogen (secondary N) is 1. The van der Waals surface area contributed by atoms with E-state index in [2.05, 4.69) is 15.5 Å². The third-order valence-corrected chi connectivity index (χ3v) is 4.18. The van der Waals surface area contributed by atoms with Crippen molar-refractivity contribution in [3.8, 4) is 17.2 Å². The standard InChI is InChI=1S/C19H17N3O3/c1-12-21-22-19(25-12)13-5-4-6-14(11-13)20-18(23)16-9-10-24-17-8-3-2-7-15(16)17/h2-8,11,16H,9-10H2,1H3,(H,20,23). The van der Waals surface area contributed by atoms with Crippen LogP contribution in [0.15, 0.2) is 52.9 Å². The Labute approximate surface area is 144 Å². The van der Waals surface area contributed by atoms with Gasteiger partial charge in [0, 0.05) is 23.7 Å². The van der Waals surface area contributed by atoms with Gasteiger partial charge in [0.2, 0.25) is 17.7 Å². The minimum Gasteiger partial charge on any atom is -0.493 e. The van der Waals surface area contributed by atoms with Gasteiger partial charge in [0.15, 0.2) is 0 Å². The van der Waals surface area contributed by atoms with Crippen LogP contribution in [0.1, 0.15) is 23.8 Å². The van der Waals surface area contributed by atoms with Gasteiger partial charge in [-0.05, 0) is 30.7 Å².